The van der Waals surface area contributed by atoms with E-state index in [1.807, 2.05) is 14.1 Å². The van der Waals surface area contributed by atoms with Gasteiger partial charge in [0.25, 0.3) is 0 Å². The summed E-state index contributed by atoms with van der Waals surface area (Å²) in [4.78, 5) is 21.9. The molecule has 0 atom stereocenters. The summed E-state index contributed by atoms with van der Waals surface area (Å²) in [6.45, 7) is 0. The maximum absolute atomic E-state index is 10.1. The number of amides is 1. The number of allylic oxidation sites excluding steroid dienone is 2. The lowest BCUT2D eigenvalue weighted by molar-refractivity contribution is -0.108. The van der Waals surface area contributed by atoms with Crippen molar-refractivity contribution >= 4 is 12.7 Å². The summed E-state index contributed by atoms with van der Waals surface area (Å²) in [6, 6.07) is 0. The van der Waals surface area contributed by atoms with E-state index in [1.165, 1.54) is 6.08 Å². The predicted octanol–water partition coefficient (Wildman–Crippen LogP) is -0.110. The molecule has 0 aromatic heterocycles. The van der Waals surface area contributed by atoms with Gasteiger partial charge in [-0.1, -0.05) is 0 Å². The maximum atomic E-state index is 10.1. The van der Waals surface area contributed by atoms with E-state index in [-0.39, 0.29) is 0 Å². The summed E-state index contributed by atoms with van der Waals surface area (Å²) in [5.74, 6) is 0. The van der Waals surface area contributed by atoms with E-state index >= 15 is 0 Å². The molecule has 4 nitrogen and oxygen atoms in total. The van der Waals surface area contributed by atoms with Crippen LogP contribution in [0.2, 0.25) is 0 Å². The molecule has 4 heteroatoms. The number of aldehydes is 1. The zero-order valence-electron chi connectivity index (χ0n) is 7.15. The van der Waals surface area contributed by atoms with Gasteiger partial charge < -0.3 is 10.2 Å². The van der Waals surface area contributed by atoms with Crippen molar-refractivity contribution in [3.63, 3.8) is 0 Å². The highest BCUT2D eigenvalue weighted by Crippen LogP contribution is 1.89. The van der Waals surface area contributed by atoms with E-state index in [9.17, 15) is 9.59 Å². The summed E-state index contributed by atoms with van der Waals surface area (Å²) in [5, 5.41) is 2.37. The standard InChI is InChI=1S/C8H12N2O2/c1-10(2)5-3-8(4-6-11)9-7-12/h3-7H,1-2H3,(H,9,12)/b5-3?,8-4+. The molecule has 0 unspecified atom stereocenters. The lowest BCUT2D eigenvalue weighted by Crippen LogP contribution is -2.09. The van der Waals surface area contributed by atoms with Gasteiger partial charge in [-0.05, 0) is 6.08 Å². The van der Waals surface area contributed by atoms with Gasteiger partial charge in [-0.25, -0.2) is 0 Å². The number of hydrogen-bond donors (Lipinski definition) is 1. The molecule has 1 N–H and O–H groups in total. The highest BCUT2D eigenvalue weighted by molar-refractivity contribution is 5.68. The maximum Gasteiger partial charge on any atom is 0.211 e. The van der Waals surface area contributed by atoms with Crippen molar-refractivity contribution in [2.24, 2.45) is 0 Å². The third-order valence-electron chi connectivity index (χ3n) is 1.03. The minimum atomic E-state index is 0.466. The molecule has 0 aromatic carbocycles. The molecule has 0 saturated heterocycles. The van der Waals surface area contributed by atoms with Crippen LogP contribution in [0.4, 0.5) is 0 Å². The Hall–Kier alpha value is -1.58. The van der Waals surface area contributed by atoms with Crippen LogP contribution in [0.1, 0.15) is 0 Å². The summed E-state index contributed by atoms with van der Waals surface area (Å²) >= 11 is 0. The number of hydrogen-bond acceptors (Lipinski definition) is 3. The van der Waals surface area contributed by atoms with Crippen LogP contribution in [0, 0.1) is 0 Å². The zero-order chi connectivity index (χ0) is 9.40. The molecule has 0 aliphatic rings. The number of nitrogens with one attached hydrogen (secondary N) is 1. The largest absolute Gasteiger partial charge is 0.383 e. The van der Waals surface area contributed by atoms with Crippen molar-refractivity contribution in [1.29, 1.82) is 0 Å². The molecule has 0 aliphatic heterocycles. The number of rotatable bonds is 5. The SMILES string of the molecule is CN(C)C=C/C(=C\C=O)NC=O. The van der Waals surface area contributed by atoms with Crippen LogP contribution in [0.25, 0.3) is 0 Å². The van der Waals surface area contributed by atoms with Crippen LogP contribution in [0.3, 0.4) is 0 Å². The van der Waals surface area contributed by atoms with Gasteiger partial charge in [0.2, 0.25) is 6.41 Å². The fraction of sp³-hybridized carbons (Fsp3) is 0.250. The van der Waals surface area contributed by atoms with E-state index < -0.39 is 0 Å². The van der Waals surface area contributed by atoms with Gasteiger partial charge >= 0.3 is 0 Å². The van der Waals surface area contributed by atoms with Crippen LogP contribution in [-0.4, -0.2) is 31.7 Å². The molecule has 0 heterocycles. The summed E-state index contributed by atoms with van der Waals surface area (Å²) in [7, 11) is 3.69. The van der Waals surface area contributed by atoms with Gasteiger partial charge in [0.15, 0.2) is 0 Å². The van der Waals surface area contributed by atoms with Crippen LogP contribution >= 0.6 is 0 Å². The van der Waals surface area contributed by atoms with E-state index in [1.54, 1.807) is 17.2 Å². The Kier molecular flexibility index (Phi) is 5.34. The molecular formula is C8H12N2O2. The van der Waals surface area contributed by atoms with Gasteiger partial charge in [-0.3, -0.25) is 9.59 Å². The minimum absolute atomic E-state index is 0.466. The Labute approximate surface area is 71.5 Å². The lowest BCUT2D eigenvalue weighted by Gasteiger charge is -2.03. The average molecular weight is 168 g/mol. The van der Waals surface area contributed by atoms with Crippen LogP contribution in [0.5, 0.6) is 0 Å². The summed E-state index contributed by atoms with van der Waals surface area (Å²) in [6.07, 6.45) is 5.77. The molecular weight excluding hydrogens is 156 g/mol. The highest BCUT2D eigenvalue weighted by atomic mass is 16.1. The first-order valence-corrected chi connectivity index (χ1v) is 3.41. The van der Waals surface area contributed by atoms with Crippen LogP contribution in [0.15, 0.2) is 24.0 Å². The summed E-state index contributed by atoms with van der Waals surface area (Å²) < 4.78 is 0. The molecule has 0 fully saturated rings. The molecule has 1 amide bonds. The van der Waals surface area contributed by atoms with Crippen molar-refractivity contribution in [3.05, 3.63) is 24.0 Å². The van der Waals surface area contributed by atoms with Gasteiger partial charge in [-0.2, -0.15) is 0 Å². The topological polar surface area (TPSA) is 49.4 Å². The lowest BCUT2D eigenvalue weighted by atomic mass is 10.4. The Bertz CT molecular complexity index is 207. The normalized spacial score (nSPS) is 11.3. The number of carbonyl (C=O) groups is 2. The molecule has 12 heavy (non-hydrogen) atoms. The Balaban J connectivity index is 4.21. The van der Waals surface area contributed by atoms with Crippen molar-refractivity contribution in [2.75, 3.05) is 14.1 Å². The molecule has 0 spiro atoms. The first-order chi connectivity index (χ1) is 5.70. The molecule has 0 radical (unpaired) electrons. The van der Waals surface area contributed by atoms with E-state index in [2.05, 4.69) is 5.32 Å². The van der Waals surface area contributed by atoms with E-state index in [0.717, 1.165) is 0 Å². The Morgan fingerprint density at radius 3 is 2.42 bits per heavy atom. The second kappa shape index (κ2) is 6.15. The number of nitrogens with zero attached hydrogens (tertiary/aromatic N) is 1. The molecule has 0 aliphatic carbocycles. The van der Waals surface area contributed by atoms with Crippen LogP contribution < -0.4 is 5.32 Å². The zero-order valence-corrected chi connectivity index (χ0v) is 7.15. The van der Waals surface area contributed by atoms with Crippen molar-refractivity contribution in [2.45, 2.75) is 0 Å². The van der Waals surface area contributed by atoms with Gasteiger partial charge in [0.1, 0.15) is 6.29 Å². The second-order valence-electron chi connectivity index (χ2n) is 2.30. The molecule has 0 rings (SSSR count). The smallest absolute Gasteiger partial charge is 0.211 e. The highest BCUT2D eigenvalue weighted by Gasteiger charge is 1.87. The average Bonchev–Trinajstić information content (AvgIpc) is 2.01. The van der Waals surface area contributed by atoms with E-state index in [4.69, 9.17) is 0 Å². The van der Waals surface area contributed by atoms with Gasteiger partial charge in [0.05, 0.1) is 0 Å². The molecule has 0 saturated carbocycles. The first-order valence-electron chi connectivity index (χ1n) is 3.41. The van der Waals surface area contributed by atoms with Gasteiger partial charge in [0, 0.05) is 32.1 Å². The van der Waals surface area contributed by atoms with Crippen molar-refractivity contribution in [3.8, 4) is 0 Å². The van der Waals surface area contributed by atoms with Gasteiger partial charge in [-0.15, -0.1) is 0 Å². The predicted molar refractivity (Wildman–Crippen MR) is 46.2 cm³/mol. The Morgan fingerprint density at radius 2 is 2.00 bits per heavy atom. The Morgan fingerprint density at radius 1 is 1.33 bits per heavy atom. The molecule has 66 valence electrons. The quantitative estimate of drug-likeness (QED) is 0.354. The fourth-order valence-corrected chi connectivity index (χ4v) is 0.522. The summed E-state index contributed by atoms with van der Waals surface area (Å²) in [5.41, 5.74) is 0.466. The third-order valence-corrected chi connectivity index (χ3v) is 1.03. The van der Waals surface area contributed by atoms with Crippen LogP contribution in [-0.2, 0) is 9.59 Å². The number of carbonyl (C=O) groups excluding carboxylic acids is 2. The monoisotopic (exact) mass is 168 g/mol. The third kappa shape index (κ3) is 5.22. The fourth-order valence-electron chi connectivity index (χ4n) is 0.522. The van der Waals surface area contributed by atoms with E-state index in [0.29, 0.717) is 18.4 Å². The molecule has 0 aromatic rings. The van der Waals surface area contributed by atoms with Crippen molar-refractivity contribution in [1.82, 2.24) is 10.2 Å². The minimum Gasteiger partial charge on any atom is -0.383 e. The molecule has 0 bridgehead atoms. The first kappa shape index (κ1) is 10.4. The van der Waals surface area contributed by atoms with Crippen molar-refractivity contribution < 1.29 is 9.59 Å². The second-order valence-corrected chi connectivity index (χ2v) is 2.30.